The largest absolute Gasteiger partial charge is 0.377 e. The molecule has 0 fully saturated rings. The molecule has 4 rings (SSSR count). The first kappa shape index (κ1) is 32.2. The van der Waals surface area contributed by atoms with Crippen LogP contribution in [0.2, 0.25) is 0 Å². The Morgan fingerprint density at radius 2 is 1.91 bits per heavy atom. The molecule has 0 unspecified atom stereocenters. The molecule has 0 saturated carbocycles. The van der Waals surface area contributed by atoms with Crippen LogP contribution in [0.5, 0.6) is 0 Å². The number of alkyl halides is 2. The third kappa shape index (κ3) is 7.45. The molecule has 0 saturated heterocycles. The number of halogens is 2. The highest BCUT2D eigenvalue weighted by Crippen LogP contribution is 2.34. The summed E-state index contributed by atoms with van der Waals surface area (Å²) in [6.45, 7) is 9.64. The van der Waals surface area contributed by atoms with Gasteiger partial charge in [-0.25, -0.2) is 22.8 Å². The van der Waals surface area contributed by atoms with E-state index in [1.54, 1.807) is 32.9 Å². The predicted octanol–water partition coefficient (Wildman–Crippen LogP) is 6.57. The van der Waals surface area contributed by atoms with Gasteiger partial charge in [-0.15, -0.1) is 0 Å². The van der Waals surface area contributed by atoms with Crippen LogP contribution in [-0.4, -0.2) is 39.9 Å². The molecule has 3 aromatic heterocycles. The molecule has 43 heavy (non-hydrogen) atoms. The molecule has 0 radical (unpaired) electrons. The zero-order chi connectivity index (χ0) is 31.2. The number of hydrogen-bond acceptors (Lipinski definition) is 8. The van der Waals surface area contributed by atoms with Crippen LogP contribution in [0.4, 0.5) is 14.7 Å². The fourth-order valence-electron chi connectivity index (χ4n) is 4.61. The lowest BCUT2D eigenvalue weighted by atomic mass is 10.0. The maximum absolute atomic E-state index is 15.1. The standard InChI is InChI=1S/C30H38F2N6O4S/c1-6-9-12-26-34-29(30(31,32)15-7-2)38(35-26)18-22-13-14-24(23(17-22)19-41-8-3)27-25(11-10-16-33-27)43(39,40)37-28-20(4)21(5)36-42-28/h10-11,13-14,16-17,37H,6-9,12,15,18-19H2,1-5H3. The van der Waals surface area contributed by atoms with Crippen molar-refractivity contribution < 1.29 is 26.5 Å². The van der Waals surface area contributed by atoms with Crippen LogP contribution in [-0.2, 0) is 40.3 Å². The molecule has 3 heterocycles. The number of aromatic nitrogens is 5. The van der Waals surface area contributed by atoms with Crippen LogP contribution >= 0.6 is 0 Å². The molecule has 232 valence electrons. The van der Waals surface area contributed by atoms with Gasteiger partial charge in [-0.05, 0) is 56.9 Å². The zero-order valence-corrected chi connectivity index (χ0v) is 26.0. The van der Waals surface area contributed by atoms with Gasteiger partial charge in [0.05, 0.1) is 24.5 Å². The third-order valence-corrected chi connectivity index (χ3v) is 8.39. The van der Waals surface area contributed by atoms with Crippen LogP contribution in [0.3, 0.4) is 0 Å². The number of pyridine rings is 1. The molecular formula is C30H38F2N6O4S. The van der Waals surface area contributed by atoms with Crippen LogP contribution < -0.4 is 4.72 Å². The minimum atomic E-state index is -4.12. The Kier molecular flexibility index (Phi) is 10.3. The van der Waals surface area contributed by atoms with Gasteiger partial charge in [-0.1, -0.05) is 43.6 Å². The minimum Gasteiger partial charge on any atom is -0.377 e. The van der Waals surface area contributed by atoms with Crippen LogP contribution in [0.15, 0.2) is 45.9 Å². The number of nitrogens with one attached hydrogen (secondary N) is 1. The third-order valence-electron chi connectivity index (χ3n) is 7.02. The quantitative estimate of drug-likeness (QED) is 0.159. The summed E-state index contributed by atoms with van der Waals surface area (Å²) in [7, 11) is -4.12. The molecule has 13 heteroatoms. The fourth-order valence-corrected chi connectivity index (χ4v) is 5.83. The Labute approximate surface area is 250 Å². The van der Waals surface area contributed by atoms with Gasteiger partial charge in [0.2, 0.25) is 5.88 Å². The average molecular weight is 617 g/mol. The molecule has 4 aromatic rings. The van der Waals surface area contributed by atoms with Crippen molar-refractivity contribution in [3.05, 3.63) is 70.6 Å². The van der Waals surface area contributed by atoms with Crippen LogP contribution in [0.1, 0.15) is 80.5 Å². The van der Waals surface area contributed by atoms with Crippen molar-refractivity contribution in [3.63, 3.8) is 0 Å². The van der Waals surface area contributed by atoms with E-state index in [0.29, 0.717) is 53.2 Å². The van der Waals surface area contributed by atoms with E-state index in [4.69, 9.17) is 9.26 Å². The summed E-state index contributed by atoms with van der Waals surface area (Å²) < 4.78 is 71.8. The van der Waals surface area contributed by atoms with Crippen molar-refractivity contribution >= 4 is 15.9 Å². The summed E-state index contributed by atoms with van der Waals surface area (Å²) in [5.74, 6) is -3.05. The van der Waals surface area contributed by atoms with Gasteiger partial charge in [0.15, 0.2) is 11.6 Å². The van der Waals surface area contributed by atoms with Crippen LogP contribution in [0, 0.1) is 13.8 Å². The molecular weight excluding hydrogens is 578 g/mol. The van der Waals surface area contributed by atoms with E-state index < -0.39 is 15.9 Å². The number of sulfonamides is 1. The Morgan fingerprint density at radius 3 is 2.58 bits per heavy atom. The topological polar surface area (TPSA) is 125 Å². The van der Waals surface area contributed by atoms with Gasteiger partial charge < -0.3 is 9.26 Å². The number of unbranched alkanes of at least 4 members (excludes halogenated alkanes) is 1. The number of benzene rings is 1. The van der Waals surface area contributed by atoms with E-state index in [1.807, 2.05) is 19.9 Å². The number of ether oxygens (including phenoxy) is 1. The second-order valence-electron chi connectivity index (χ2n) is 10.4. The van der Waals surface area contributed by atoms with E-state index in [9.17, 15) is 8.42 Å². The van der Waals surface area contributed by atoms with Crippen molar-refractivity contribution in [1.82, 2.24) is 24.9 Å². The number of anilines is 1. The molecule has 0 aliphatic heterocycles. The Balaban J connectivity index is 1.74. The highest BCUT2D eigenvalue weighted by atomic mass is 32.2. The monoisotopic (exact) mass is 616 g/mol. The summed E-state index contributed by atoms with van der Waals surface area (Å²) >= 11 is 0. The molecule has 0 amide bonds. The first-order valence-electron chi connectivity index (χ1n) is 14.4. The summed E-state index contributed by atoms with van der Waals surface area (Å²) in [6.07, 6.45) is 3.70. The van der Waals surface area contributed by atoms with Crippen molar-refractivity contribution in [3.8, 4) is 11.3 Å². The lowest BCUT2D eigenvalue weighted by molar-refractivity contribution is -0.0270. The maximum Gasteiger partial charge on any atom is 0.306 e. The Hall–Kier alpha value is -3.71. The first-order chi connectivity index (χ1) is 20.5. The molecule has 10 nitrogen and oxygen atoms in total. The van der Waals surface area contributed by atoms with E-state index in [2.05, 4.69) is 24.9 Å². The smallest absolute Gasteiger partial charge is 0.306 e. The van der Waals surface area contributed by atoms with Crippen molar-refractivity contribution in [2.45, 2.75) is 90.7 Å². The van der Waals surface area contributed by atoms with E-state index in [-0.39, 0.29) is 41.9 Å². The van der Waals surface area contributed by atoms with Crippen LogP contribution in [0.25, 0.3) is 11.3 Å². The average Bonchev–Trinajstić information content (AvgIpc) is 3.53. The van der Waals surface area contributed by atoms with Crippen molar-refractivity contribution in [2.24, 2.45) is 0 Å². The lowest BCUT2D eigenvalue weighted by Crippen LogP contribution is -2.21. The number of aryl methyl sites for hydroxylation is 2. The minimum absolute atomic E-state index is 0.0269. The molecule has 0 aliphatic carbocycles. The van der Waals surface area contributed by atoms with E-state index in [1.165, 1.54) is 23.0 Å². The zero-order valence-electron chi connectivity index (χ0n) is 25.2. The number of rotatable bonds is 15. The van der Waals surface area contributed by atoms with Gasteiger partial charge in [0.1, 0.15) is 4.90 Å². The summed E-state index contributed by atoms with van der Waals surface area (Å²) in [5, 5.41) is 8.26. The van der Waals surface area contributed by atoms with Gasteiger partial charge >= 0.3 is 5.92 Å². The Morgan fingerprint density at radius 1 is 1.12 bits per heavy atom. The second kappa shape index (κ2) is 13.7. The van der Waals surface area contributed by atoms with Gasteiger partial charge in [-0.3, -0.25) is 4.98 Å². The second-order valence-corrected chi connectivity index (χ2v) is 12.0. The van der Waals surface area contributed by atoms with E-state index >= 15 is 8.78 Å². The summed E-state index contributed by atoms with van der Waals surface area (Å²) in [4.78, 5) is 8.59. The lowest BCUT2D eigenvalue weighted by Gasteiger charge is -2.17. The highest BCUT2D eigenvalue weighted by molar-refractivity contribution is 7.92. The summed E-state index contributed by atoms with van der Waals surface area (Å²) in [6, 6.07) is 8.28. The molecule has 0 bridgehead atoms. The van der Waals surface area contributed by atoms with E-state index in [0.717, 1.165) is 12.8 Å². The SMILES string of the molecule is CCCCc1nc(C(F)(F)CCC)n(Cc2ccc(-c3ncccc3S(=O)(=O)Nc3onc(C)c3C)c(COCC)c2)n1. The molecule has 1 N–H and O–H groups in total. The number of hydrogen-bond donors (Lipinski definition) is 1. The van der Waals surface area contributed by atoms with Gasteiger partial charge in [0.25, 0.3) is 10.0 Å². The van der Waals surface area contributed by atoms with Crippen molar-refractivity contribution in [2.75, 3.05) is 11.3 Å². The maximum atomic E-state index is 15.1. The predicted molar refractivity (Wildman–Crippen MR) is 158 cm³/mol. The molecule has 0 atom stereocenters. The fraction of sp³-hybridized carbons (Fsp3) is 0.467. The first-order valence-corrected chi connectivity index (χ1v) is 15.9. The van der Waals surface area contributed by atoms with Gasteiger partial charge in [-0.2, -0.15) is 13.9 Å². The highest BCUT2D eigenvalue weighted by Gasteiger charge is 2.37. The number of nitrogens with zero attached hydrogens (tertiary/aromatic N) is 5. The molecule has 0 aliphatic rings. The summed E-state index contributed by atoms with van der Waals surface area (Å²) in [5.41, 5.74) is 3.22. The molecule has 0 spiro atoms. The Bertz CT molecular complexity index is 1650. The molecule has 1 aromatic carbocycles. The van der Waals surface area contributed by atoms with Gasteiger partial charge in [0, 0.05) is 36.8 Å². The normalized spacial score (nSPS) is 12.2. The van der Waals surface area contributed by atoms with Crippen molar-refractivity contribution in [1.29, 1.82) is 0 Å².